The highest BCUT2D eigenvalue weighted by Crippen LogP contribution is 2.24. The molecule has 0 bridgehead atoms. The first-order valence-corrected chi connectivity index (χ1v) is 5.88. The standard InChI is InChI=1S/C11H18N4/c12-8-3-4-11-14-10(7-15(11)6-8)9-2-1-5-13-9/h7-9,13H,1-6,12H2. The Bertz CT molecular complexity index is 351. The maximum absolute atomic E-state index is 5.95. The molecular formula is C11H18N4. The third-order valence-corrected chi connectivity index (χ3v) is 3.47. The highest BCUT2D eigenvalue weighted by atomic mass is 15.1. The van der Waals surface area contributed by atoms with Gasteiger partial charge in [-0.25, -0.2) is 4.98 Å². The van der Waals surface area contributed by atoms with Gasteiger partial charge in [0.25, 0.3) is 0 Å². The first-order chi connectivity index (χ1) is 7.33. The number of fused-ring (bicyclic) bond motifs is 1. The fourth-order valence-corrected chi connectivity index (χ4v) is 2.60. The summed E-state index contributed by atoms with van der Waals surface area (Å²) in [5.74, 6) is 1.22. The second kappa shape index (κ2) is 3.61. The Morgan fingerprint density at radius 3 is 3.20 bits per heavy atom. The molecule has 3 heterocycles. The zero-order chi connectivity index (χ0) is 10.3. The van der Waals surface area contributed by atoms with E-state index in [0.29, 0.717) is 12.1 Å². The van der Waals surface area contributed by atoms with E-state index in [9.17, 15) is 0 Å². The molecule has 1 fully saturated rings. The summed E-state index contributed by atoms with van der Waals surface area (Å²) in [6.07, 6.45) is 6.80. The Hall–Kier alpha value is -0.870. The van der Waals surface area contributed by atoms with Crippen molar-refractivity contribution in [2.45, 2.75) is 44.3 Å². The molecule has 15 heavy (non-hydrogen) atoms. The largest absolute Gasteiger partial charge is 0.333 e. The number of hydrogen-bond donors (Lipinski definition) is 2. The SMILES string of the molecule is NC1CCc2nc(C3CCCN3)cn2C1. The van der Waals surface area contributed by atoms with Crippen LogP contribution in [0.4, 0.5) is 0 Å². The lowest BCUT2D eigenvalue weighted by Crippen LogP contribution is -2.31. The van der Waals surface area contributed by atoms with Crippen molar-refractivity contribution >= 4 is 0 Å². The van der Waals surface area contributed by atoms with E-state index in [4.69, 9.17) is 10.7 Å². The average molecular weight is 206 g/mol. The van der Waals surface area contributed by atoms with Gasteiger partial charge in [-0.05, 0) is 25.8 Å². The van der Waals surface area contributed by atoms with Crippen LogP contribution in [0.15, 0.2) is 6.20 Å². The van der Waals surface area contributed by atoms with Gasteiger partial charge in [-0.3, -0.25) is 0 Å². The first kappa shape index (κ1) is 9.36. The van der Waals surface area contributed by atoms with E-state index in [-0.39, 0.29) is 0 Å². The maximum atomic E-state index is 5.95. The third kappa shape index (κ3) is 1.68. The van der Waals surface area contributed by atoms with E-state index >= 15 is 0 Å². The van der Waals surface area contributed by atoms with Gasteiger partial charge < -0.3 is 15.6 Å². The Kier molecular flexibility index (Phi) is 2.25. The van der Waals surface area contributed by atoms with E-state index in [1.165, 1.54) is 24.4 Å². The van der Waals surface area contributed by atoms with Gasteiger partial charge in [0.1, 0.15) is 5.82 Å². The lowest BCUT2D eigenvalue weighted by atomic mass is 10.1. The van der Waals surface area contributed by atoms with Crippen LogP contribution in [0.25, 0.3) is 0 Å². The summed E-state index contributed by atoms with van der Waals surface area (Å²) in [6.45, 7) is 2.07. The number of nitrogens with one attached hydrogen (secondary N) is 1. The van der Waals surface area contributed by atoms with Crippen LogP contribution in [0.5, 0.6) is 0 Å². The van der Waals surface area contributed by atoms with Crippen molar-refractivity contribution in [3.63, 3.8) is 0 Å². The molecule has 2 atom stereocenters. The van der Waals surface area contributed by atoms with Gasteiger partial charge >= 0.3 is 0 Å². The van der Waals surface area contributed by atoms with Crippen molar-refractivity contribution in [3.8, 4) is 0 Å². The Morgan fingerprint density at radius 2 is 2.40 bits per heavy atom. The van der Waals surface area contributed by atoms with E-state index in [1.807, 2.05) is 0 Å². The quantitative estimate of drug-likeness (QED) is 0.706. The number of hydrogen-bond acceptors (Lipinski definition) is 3. The molecule has 0 saturated carbocycles. The van der Waals surface area contributed by atoms with Gasteiger partial charge in [0, 0.05) is 25.2 Å². The minimum absolute atomic E-state index is 0.316. The topological polar surface area (TPSA) is 55.9 Å². The van der Waals surface area contributed by atoms with Gasteiger partial charge in [-0.1, -0.05) is 0 Å². The van der Waals surface area contributed by atoms with Crippen molar-refractivity contribution < 1.29 is 0 Å². The Labute approximate surface area is 89.9 Å². The molecule has 82 valence electrons. The number of aryl methyl sites for hydroxylation is 1. The fraction of sp³-hybridized carbons (Fsp3) is 0.727. The van der Waals surface area contributed by atoms with Crippen LogP contribution in [-0.4, -0.2) is 22.1 Å². The smallest absolute Gasteiger partial charge is 0.109 e. The summed E-state index contributed by atoms with van der Waals surface area (Å²) in [7, 11) is 0. The van der Waals surface area contributed by atoms with Crippen LogP contribution in [0.2, 0.25) is 0 Å². The highest BCUT2D eigenvalue weighted by Gasteiger charge is 2.23. The molecule has 2 aliphatic rings. The maximum Gasteiger partial charge on any atom is 0.109 e. The predicted octanol–water partition coefficient (Wildman–Crippen LogP) is 0.581. The van der Waals surface area contributed by atoms with Crippen molar-refractivity contribution in [1.29, 1.82) is 0 Å². The minimum Gasteiger partial charge on any atom is -0.333 e. The molecule has 2 aliphatic heterocycles. The summed E-state index contributed by atoms with van der Waals surface area (Å²) in [5.41, 5.74) is 7.17. The zero-order valence-corrected chi connectivity index (χ0v) is 8.95. The van der Waals surface area contributed by atoms with E-state index in [2.05, 4.69) is 16.1 Å². The molecule has 4 nitrogen and oxygen atoms in total. The highest BCUT2D eigenvalue weighted by molar-refractivity contribution is 5.12. The van der Waals surface area contributed by atoms with E-state index in [1.54, 1.807) is 0 Å². The molecule has 1 aromatic heterocycles. The van der Waals surface area contributed by atoms with Crippen LogP contribution in [0, 0.1) is 0 Å². The average Bonchev–Trinajstić information content (AvgIpc) is 2.84. The Balaban J connectivity index is 1.85. The summed E-state index contributed by atoms with van der Waals surface area (Å²) in [6, 6.07) is 0.801. The zero-order valence-electron chi connectivity index (χ0n) is 8.95. The number of imidazole rings is 1. The molecule has 4 heteroatoms. The number of nitrogens with two attached hydrogens (primary N) is 1. The second-order valence-corrected chi connectivity index (χ2v) is 4.68. The van der Waals surface area contributed by atoms with Crippen LogP contribution < -0.4 is 11.1 Å². The van der Waals surface area contributed by atoms with Gasteiger partial charge in [-0.15, -0.1) is 0 Å². The summed E-state index contributed by atoms with van der Waals surface area (Å²) in [5, 5.41) is 3.49. The molecule has 2 unspecified atom stereocenters. The van der Waals surface area contributed by atoms with Gasteiger partial charge in [-0.2, -0.15) is 0 Å². The van der Waals surface area contributed by atoms with Crippen LogP contribution in [0.3, 0.4) is 0 Å². The van der Waals surface area contributed by atoms with Crippen LogP contribution >= 0.6 is 0 Å². The second-order valence-electron chi connectivity index (χ2n) is 4.68. The molecule has 0 radical (unpaired) electrons. The van der Waals surface area contributed by atoms with Crippen molar-refractivity contribution in [3.05, 3.63) is 17.7 Å². The molecule has 0 amide bonds. The number of aromatic nitrogens is 2. The summed E-state index contributed by atoms with van der Waals surface area (Å²) >= 11 is 0. The molecule has 1 saturated heterocycles. The van der Waals surface area contributed by atoms with Crippen molar-refractivity contribution in [2.75, 3.05) is 6.54 Å². The van der Waals surface area contributed by atoms with Crippen LogP contribution in [0.1, 0.15) is 36.8 Å². The van der Waals surface area contributed by atoms with E-state index < -0.39 is 0 Å². The molecule has 3 rings (SSSR count). The molecule has 3 N–H and O–H groups in total. The Morgan fingerprint density at radius 1 is 1.47 bits per heavy atom. The lowest BCUT2D eigenvalue weighted by molar-refractivity contribution is 0.453. The van der Waals surface area contributed by atoms with Gasteiger partial charge in [0.15, 0.2) is 0 Å². The molecular weight excluding hydrogens is 188 g/mol. The summed E-state index contributed by atoms with van der Waals surface area (Å²) in [4.78, 5) is 4.71. The first-order valence-electron chi connectivity index (χ1n) is 5.88. The molecule has 0 aromatic carbocycles. The normalized spacial score (nSPS) is 30.5. The van der Waals surface area contributed by atoms with E-state index in [0.717, 1.165) is 25.9 Å². The monoisotopic (exact) mass is 206 g/mol. The number of rotatable bonds is 1. The molecule has 0 aliphatic carbocycles. The molecule has 0 spiro atoms. The summed E-state index contributed by atoms with van der Waals surface area (Å²) < 4.78 is 2.24. The minimum atomic E-state index is 0.316. The fourth-order valence-electron chi connectivity index (χ4n) is 2.60. The van der Waals surface area contributed by atoms with Crippen LogP contribution in [-0.2, 0) is 13.0 Å². The third-order valence-electron chi connectivity index (χ3n) is 3.47. The van der Waals surface area contributed by atoms with Crippen molar-refractivity contribution in [1.82, 2.24) is 14.9 Å². The van der Waals surface area contributed by atoms with Crippen molar-refractivity contribution in [2.24, 2.45) is 5.73 Å². The number of nitrogens with zero attached hydrogens (tertiary/aromatic N) is 2. The lowest BCUT2D eigenvalue weighted by Gasteiger charge is -2.19. The molecule has 1 aromatic rings. The van der Waals surface area contributed by atoms with Gasteiger partial charge in [0.2, 0.25) is 0 Å². The predicted molar refractivity (Wildman–Crippen MR) is 58.5 cm³/mol. The van der Waals surface area contributed by atoms with Gasteiger partial charge in [0.05, 0.1) is 11.7 Å².